The Bertz CT molecular complexity index is 2920. The molecule has 0 amide bonds. The number of para-hydroxylation sites is 2. The van der Waals surface area contributed by atoms with E-state index in [1.54, 1.807) is 5.56 Å². The van der Waals surface area contributed by atoms with Crippen molar-refractivity contribution < 1.29 is 0 Å². The predicted molar refractivity (Wildman–Crippen MR) is 274 cm³/mol. The SMILES string of the molecule is CC(C)(C)c1ccc(N2c3cc(C(C)(C)C)ccc3B3c4cccc5c4N(c4cc(N6c7ccccc7C7(C)CCCCC67C)cc2c43)C2(C)CCCCC52C)c(-c2ccccc2)c1. The molecule has 4 heterocycles. The van der Waals surface area contributed by atoms with Crippen LogP contribution in [0.3, 0.4) is 0 Å². The maximum absolute atomic E-state index is 2.92. The monoisotopic (exact) mass is 840 g/mol. The fourth-order valence-electron chi connectivity index (χ4n) is 14.3. The normalized spacial score (nSPS) is 26.2. The molecule has 3 nitrogen and oxygen atoms in total. The molecule has 2 fully saturated rings. The van der Waals surface area contributed by atoms with Gasteiger partial charge in [0.05, 0.1) is 16.8 Å². The van der Waals surface area contributed by atoms with Gasteiger partial charge in [0.2, 0.25) is 0 Å². The summed E-state index contributed by atoms with van der Waals surface area (Å²) in [5.41, 5.74) is 22.1. The van der Waals surface area contributed by atoms with Crippen molar-refractivity contribution in [3.63, 3.8) is 0 Å². The number of hydrogen-bond donors (Lipinski definition) is 0. The molecule has 0 aromatic heterocycles. The van der Waals surface area contributed by atoms with E-state index in [1.807, 2.05) is 0 Å². The number of fused-ring (bicyclic) bond motifs is 10. The highest BCUT2D eigenvalue weighted by molar-refractivity contribution is 7.00. The van der Waals surface area contributed by atoms with Gasteiger partial charge in [-0.15, -0.1) is 0 Å². The van der Waals surface area contributed by atoms with Crippen LogP contribution in [0.25, 0.3) is 11.1 Å². The Morgan fingerprint density at radius 3 is 1.78 bits per heavy atom. The zero-order valence-electron chi connectivity index (χ0n) is 40.1. The predicted octanol–water partition coefficient (Wildman–Crippen LogP) is 14.0. The molecule has 2 aliphatic carbocycles. The van der Waals surface area contributed by atoms with Gasteiger partial charge in [-0.05, 0) is 131 Å². The lowest BCUT2D eigenvalue weighted by Gasteiger charge is -2.54. The van der Waals surface area contributed by atoms with Crippen molar-refractivity contribution in [2.45, 2.75) is 153 Å². The van der Waals surface area contributed by atoms with E-state index in [0.29, 0.717) is 0 Å². The Morgan fingerprint density at radius 2 is 1.06 bits per heavy atom. The maximum atomic E-state index is 2.92. The third-order valence-corrected chi connectivity index (χ3v) is 18.3. The molecule has 6 aromatic carbocycles. The molecule has 6 aromatic rings. The highest BCUT2D eigenvalue weighted by Gasteiger charge is 2.62. The van der Waals surface area contributed by atoms with Crippen molar-refractivity contribution in [1.29, 1.82) is 0 Å². The van der Waals surface area contributed by atoms with Crippen LogP contribution < -0.4 is 31.1 Å². The molecule has 4 unspecified atom stereocenters. The standard InChI is InChI=1S/C60H66BN3/c1-55(2,3)40-28-30-48(43(35-40)39-21-12-11-13-22-39)62-50-36-41(56(4,5)6)27-29-46(50)61-47-25-20-24-45-54(47)64(60(10)34-19-17-32-58(45,60)8)52-38-42(37-51(62)53(52)61)63-49-26-15-14-23-44(49)57(7)31-16-18-33-59(57,63)9/h11-15,20-30,35-38H,16-19,31-34H2,1-10H3. The molecule has 0 bridgehead atoms. The van der Waals surface area contributed by atoms with Gasteiger partial charge in [0.1, 0.15) is 0 Å². The Hall–Kier alpha value is -5.22. The first-order chi connectivity index (χ1) is 30.5. The van der Waals surface area contributed by atoms with Gasteiger partial charge in [0, 0.05) is 50.5 Å². The zero-order valence-corrected chi connectivity index (χ0v) is 40.1. The average Bonchev–Trinajstić information content (AvgIpc) is 3.62. The summed E-state index contributed by atoms with van der Waals surface area (Å²) in [6.07, 6.45) is 9.88. The number of anilines is 7. The summed E-state index contributed by atoms with van der Waals surface area (Å²) >= 11 is 0. The van der Waals surface area contributed by atoms with E-state index in [0.717, 1.165) is 0 Å². The van der Waals surface area contributed by atoms with E-state index in [4.69, 9.17) is 0 Å². The minimum absolute atomic E-state index is 0.00402. The van der Waals surface area contributed by atoms with Crippen molar-refractivity contribution in [2.24, 2.45) is 0 Å². The van der Waals surface area contributed by atoms with Crippen molar-refractivity contribution >= 4 is 62.9 Å². The van der Waals surface area contributed by atoms with E-state index in [2.05, 4.69) is 205 Å². The molecular formula is C60H66BN3. The van der Waals surface area contributed by atoms with Gasteiger partial charge in [-0.2, -0.15) is 0 Å². The molecule has 0 spiro atoms. The summed E-state index contributed by atoms with van der Waals surface area (Å²) in [5, 5.41) is 0. The van der Waals surface area contributed by atoms with E-state index in [-0.39, 0.29) is 39.5 Å². The summed E-state index contributed by atoms with van der Waals surface area (Å²) in [7, 11) is 0. The highest BCUT2D eigenvalue weighted by Crippen LogP contribution is 2.65. The van der Waals surface area contributed by atoms with Gasteiger partial charge in [-0.3, -0.25) is 0 Å². The van der Waals surface area contributed by atoms with Gasteiger partial charge in [0.15, 0.2) is 0 Å². The molecule has 4 atom stereocenters. The van der Waals surface area contributed by atoms with Crippen LogP contribution in [-0.4, -0.2) is 17.8 Å². The van der Waals surface area contributed by atoms with Gasteiger partial charge < -0.3 is 14.7 Å². The van der Waals surface area contributed by atoms with Gasteiger partial charge >= 0.3 is 0 Å². The molecule has 0 radical (unpaired) electrons. The molecule has 4 aliphatic heterocycles. The minimum atomic E-state index is -0.0678. The number of benzene rings is 6. The van der Waals surface area contributed by atoms with Crippen LogP contribution in [0, 0.1) is 0 Å². The second-order valence-electron chi connectivity index (χ2n) is 23.6. The average molecular weight is 840 g/mol. The van der Waals surface area contributed by atoms with Crippen molar-refractivity contribution in [3.05, 3.63) is 144 Å². The minimum Gasteiger partial charge on any atom is -0.335 e. The molecule has 64 heavy (non-hydrogen) atoms. The van der Waals surface area contributed by atoms with Crippen LogP contribution in [0.1, 0.15) is 143 Å². The summed E-state index contributed by atoms with van der Waals surface area (Å²) in [5.74, 6) is 0. The molecule has 6 aliphatic rings. The summed E-state index contributed by atoms with van der Waals surface area (Å²) in [6.45, 7) is 24.7. The number of nitrogens with zero attached hydrogens (tertiary/aromatic N) is 3. The Morgan fingerprint density at radius 1 is 0.469 bits per heavy atom. The van der Waals surface area contributed by atoms with Crippen LogP contribution in [0.15, 0.2) is 121 Å². The molecule has 12 rings (SSSR count). The topological polar surface area (TPSA) is 9.72 Å². The second-order valence-corrected chi connectivity index (χ2v) is 23.6. The van der Waals surface area contributed by atoms with Gasteiger partial charge in [-0.25, -0.2) is 0 Å². The molecule has 0 saturated heterocycles. The van der Waals surface area contributed by atoms with Gasteiger partial charge in [-0.1, -0.05) is 166 Å². The first kappa shape index (κ1) is 40.3. The van der Waals surface area contributed by atoms with Crippen LogP contribution in [0.5, 0.6) is 0 Å². The van der Waals surface area contributed by atoms with Crippen LogP contribution in [0.4, 0.5) is 39.8 Å². The van der Waals surface area contributed by atoms with Crippen LogP contribution >= 0.6 is 0 Å². The summed E-state index contributed by atoms with van der Waals surface area (Å²) in [4.78, 5) is 8.50. The lowest BCUT2D eigenvalue weighted by atomic mass is 9.33. The third-order valence-electron chi connectivity index (χ3n) is 18.3. The van der Waals surface area contributed by atoms with Gasteiger partial charge in [0.25, 0.3) is 6.71 Å². The zero-order chi connectivity index (χ0) is 44.3. The maximum Gasteiger partial charge on any atom is 0.252 e. The van der Waals surface area contributed by atoms with Crippen molar-refractivity contribution in [1.82, 2.24) is 0 Å². The fraction of sp³-hybridized carbons (Fsp3) is 0.400. The smallest absolute Gasteiger partial charge is 0.252 e. The summed E-state index contributed by atoms with van der Waals surface area (Å²) < 4.78 is 0. The van der Waals surface area contributed by atoms with E-state index in [9.17, 15) is 0 Å². The molecule has 4 heteroatoms. The summed E-state index contributed by atoms with van der Waals surface area (Å²) in [6, 6.07) is 48.3. The number of rotatable bonds is 3. The number of hydrogen-bond acceptors (Lipinski definition) is 3. The Kier molecular flexibility index (Phi) is 8.32. The first-order valence-corrected chi connectivity index (χ1v) is 24.7. The fourth-order valence-corrected chi connectivity index (χ4v) is 14.3. The Balaban J connectivity index is 1.23. The van der Waals surface area contributed by atoms with Crippen molar-refractivity contribution in [2.75, 3.05) is 14.7 Å². The second kappa shape index (κ2) is 13.2. The third kappa shape index (κ3) is 5.12. The molecule has 0 N–H and O–H groups in total. The Labute approximate surface area is 384 Å². The lowest BCUT2D eigenvalue weighted by Crippen LogP contribution is -2.64. The highest BCUT2D eigenvalue weighted by atomic mass is 15.3. The van der Waals surface area contributed by atoms with Crippen LogP contribution in [-0.2, 0) is 21.7 Å². The lowest BCUT2D eigenvalue weighted by molar-refractivity contribution is 0.194. The largest absolute Gasteiger partial charge is 0.335 e. The van der Waals surface area contributed by atoms with Crippen molar-refractivity contribution in [3.8, 4) is 11.1 Å². The molecule has 324 valence electrons. The quantitative estimate of drug-likeness (QED) is 0.164. The molecular weight excluding hydrogens is 773 g/mol. The van der Waals surface area contributed by atoms with Crippen LogP contribution in [0.2, 0.25) is 0 Å². The van der Waals surface area contributed by atoms with E-state index in [1.165, 1.54) is 135 Å². The molecule has 2 saturated carbocycles. The van der Waals surface area contributed by atoms with E-state index >= 15 is 0 Å². The first-order valence-electron chi connectivity index (χ1n) is 24.7. The van der Waals surface area contributed by atoms with E-state index < -0.39 is 0 Å².